The highest BCUT2D eigenvalue weighted by Crippen LogP contribution is 2.28. The molecule has 0 radical (unpaired) electrons. The number of nitrogens with zero attached hydrogens (tertiary/aromatic N) is 5. The lowest BCUT2D eigenvalue weighted by Crippen LogP contribution is -2.15. The molecule has 0 fully saturated rings. The van der Waals surface area contributed by atoms with Crippen LogP contribution in [0.15, 0.2) is 48.8 Å². The maximum atomic E-state index is 12.4. The quantitative estimate of drug-likeness (QED) is 0.586. The number of rotatable bonds is 4. The Morgan fingerprint density at radius 2 is 2.20 bits per heavy atom. The van der Waals surface area contributed by atoms with Crippen molar-refractivity contribution >= 4 is 28.8 Å². The zero-order valence-electron chi connectivity index (χ0n) is 12.8. The number of amides is 1. The Labute approximate surface area is 146 Å². The van der Waals surface area contributed by atoms with Crippen LogP contribution < -0.4 is 5.32 Å². The number of imidazole rings is 1. The first kappa shape index (κ1) is 15.3. The Morgan fingerprint density at radius 1 is 1.28 bits per heavy atom. The number of pyridine rings is 1. The normalized spacial score (nSPS) is 10.9. The minimum atomic E-state index is -0.199. The van der Waals surface area contributed by atoms with E-state index in [1.54, 1.807) is 18.2 Å². The molecule has 4 rings (SSSR count). The van der Waals surface area contributed by atoms with Gasteiger partial charge in [-0.3, -0.25) is 4.79 Å². The summed E-state index contributed by atoms with van der Waals surface area (Å²) in [5.41, 5.74) is 2.62. The van der Waals surface area contributed by atoms with E-state index in [1.807, 2.05) is 35.0 Å². The fraction of sp³-hybridized carbons (Fsp3) is 0.0625. The van der Waals surface area contributed by atoms with E-state index < -0.39 is 0 Å². The monoisotopic (exact) mass is 353 g/mol. The number of benzene rings is 1. The maximum Gasteiger partial charge on any atom is 0.230 e. The molecule has 0 atom stereocenters. The Morgan fingerprint density at radius 3 is 3.00 bits per heavy atom. The Kier molecular flexibility index (Phi) is 3.87. The minimum Gasteiger partial charge on any atom is -0.325 e. The van der Waals surface area contributed by atoms with Crippen LogP contribution in [0.2, 0.25) is 5.02 Å². The Bertz CT molecular complexity index is 1010. The number of carbonyl (C=O) groups excluding carboxylic acids is 1. The second kappa shape index (κ2) is 6.33. The van der Waals surface area contributed by atoms with Crippen molar-refractivity contribution in [3.8, 4) is 11.4 Å². The molecule has 1 amide bonds. The number of aromatic amines is 1. The number of tetrazole rings is 1. The van der Waals surface area contributed by atoms with Crippen LogP contribution in [0.5, 0.6) is 0 Å². The molecule has 0 saturated heterocycles. The van der Waals surface area contributed by atoms with Gasteiger partial charge in [0.25, 0.3) is 0 Å². The lowest BCUT2D eigenvalue weighted by atomic mass is 10.1. The summed E-state index contributed by atoms with van der Waals surface area (Å²) in [4.78, 5) is 16.8. The predicted molar refractivity (Wildman–Crippen MR) is 92.1 cm³/mol. The maximum absolute atomic E-state index is 12.4. The van der Waals surface area contributed by atoms with Crippen LogP contribution in [0.4, 0.5) is 5.69 Å². The van der Waals surface area contributed by atoms with Crippen LogP contribution in [0.1, 0.15) is 5.69 Å². The first-order chi connectivity index (χ1) is 12.2. The second-order valence-electron chi connectivity index (χ2n) is 5.35. The second-order valence-corrected chi connectivity index (χ2v) is 5.79. The molecule has 9 heteroatoms. The molecule has 0 aliphatic rings. The number of nitrogens with one attached hydrogen (secondary N) is 2. The molecule has 2 N–H and O–H groups in total. The summed E-state index contributed by atoms with van der Waals surface area (Å²) in [6, 6.07) is 10.8. The molecule has 0 spiro atoms. The van der Waals surface area contributed by atoms with Gasteiger partial charge in [-0.25, -0.2) is 4.98 Å². The summed E-state index contributed by atoms with van der Waals surface area (Å²) >= 11 is 6.03. The molecule has 0 saturated carbocycles. The third-order valence-electron chi connectivity index (χ3n) is 3.60. The van der Waals surface area contributed by atoms with Gasteiger partial charge in [0.05, 0.1) is 17.8 Å². The van der Waals surface area contributed by atoms with E-state index in [-0.39, 0.29) is 12.3 Å². The van der Waals surface area contributed by atoms with Crippen LogP contribution in [0.25, 0.3) is 17.0 Å². The average Bonchev–Trinajstić information content (AvgIpc) is 3.25. The summed E-state index contributed by atoms with van der Waals surface area (Å²) in [7, 11) is 0. The molecule has 3 heterocycles. The van der Waals surface area contributed by atoms with Gasteiger partial charge in [-0.15, -0.1) is 10.2 Å². The van der Waals surface area contributed by atoms with Gasteiger partial charge in [0.1, 0.15) is 5.65 Å². The number of aromatic nitrogens is 6. The van der Waals surface area contributed by atoms with E-state index in [0.717, 1.165) is 5.65 Å². The number of fused-ring (bicyclic) bond motifs is 1. The van der Waals surface area contributed by atoms with Gasteiger partial charge in [-0.05, 0) is 35.5 Å². The number of hydrogen-bond acceptors (Lipinski definition) is 5. The molecule has 0 bridgehead atoms. The van der Waals surface area contributed by atoms with Gasteiger partial charge in [-0.1, -0.05) is 17.7 Å². The average molecular weight is 354 g/mol. The van der Waals surface area contributed by atoms with Gasteiger partial charge >= 0.3 is 0 Å². The smallest absolute Gasteiger partial charge is 0.230 e. The molecule has 4 aromatic rings. The van der Waals surface area contributed by atoms with Gasteiger partial charge < -0.3 is 9.72 Å². The molecule has 0 unspecified atom stereocenters. The molecule has 3 aromatic heterocycles. The van der Waals surface area contributed by atoms with Crippen molar-refractivity contribution < 1.29 is 4.79 Å². The standard InChI is InChI=1S/C16H12ClN7O/c17-10-4-5-13(12(7-10)16-20-22-23-21-16)19-15(25)8-11-9-24-6-2-1-3-14(24)18-11/h1-7,9H,8H2,(H,19,25)(H,20,21,22,23). The number of carbonyl (C=O) groups is 1. The molecule has 25 heavy (non-hydrogen) atoms. The van der Waals surface area contributed by atoms with Crippen LogP contribution >= 0.6 is 11.6 Å². The van der Waals surface area contributed by atoms with E-state index in [0.29, 0.717) is 27.8 Å². The molecule has 0 aliphatic heterocycles. The van der Waals surface area contributed by atoms with Gasteiger partial charge in [0, 0.05) is 23.0 Å². The lowest BCUT2D eigenvalue weighted by Gasteiger charge is -2.08. The highest BCUT2D eigenvalue weighted by atomic mass is 35.5. The molecule has 0 aliphatic carbocycles. The van der Waals surface area contributed by atoms with E-state index in [4.69, 9.17) is 11.6 Å². The van der Waals surface area contributed by atoms with Crippen LogP contribution in [-0.2, 0) is 11.2 Å². The fourth-order valence-electron chi connectivity index (χ4n) is 2.52. The van der Waals surface area contributed by atoms with E-state index >= 15 is 0 Å². The zero-order chi connectivity index (χ0) is 17.2. The molecule has 8 nitrogen and oxygen atoms in total. The Hall–Kier alpha value is -3.26. The third kappa shape index (κ3) is 3.20. The van der Waals surface area contributed by atoms with Crippen LogP contribution in [0, 0.1) is 0 Å². The minimum absolute atomic E-state index is 0.149. The molecular weight excluding hydrogens is 342 g/mol. The SMILES string of the molecule is O=C(Cc1cn2ccccc2n1)Nc1ccc(Cl)cc1-c1nn[nH]n1. The first-order valence-corrected chi connectivity index (χ1v) is 7.83. The van der Waals surface area contributed by atoms with Crippen molar-refractivity contribution in [3.05, 3.63) is 59.5 Å². The fourth-order valence-corrected chi connectivity index (χ4v) is 2.69. The van der Waals surface area contributed by atoms with Crippen molar-refractivity contribution in [2.75, 3.05) is 5.32 Å². The first-order valence-electron chi connectivity index (χ1n) is 7.45. The third-order valence-corrected chi connectivity index (χ3v) is 3.83. The number of anilines is 1. The highest BCUT2D eigenvalue weighted by Gasteiger charge is 2.14. The van der Waals surface area contributed by atoms with E-state index in [2.05, 4.69) is 30.9 Å². The Balaban J connectivity index is 1.56. The topological polar surface area (TPSA) is 101 Å². The van der Waals surface area contributed by atoms with Crippen molar-refractivity contribution in [1.82, 2.24) is 30.0 Å². The van der Waals surface area contributed by atoms with Crippen molar-refractivity contribution in [3.63, 3.8) is 0 Å². The summed E-state index contributed by atoms with van der Waals surface area (Å²) in [6.07, 6.45) is 3.87. The molecule has 1 aromatic carbocycles. The van der Waals surface area contributed by atoms with Crippen molar-refractivity contribution in [1.29, 1.82) is 0 Å². The summed E-state index contributed by atoms with van der Waals surface area (Å²) in [5.74, 6) is 0.154. The lowest BCUT2D eigenvalue weighted by molar-refractivity contribution is -0.115. The van der Waals surface area contributed by atoms with E-state index in [9.17, 15) is 4.79 Å². The van der Waals surface area contributed by atoms with Gasteiger partial charge in [-0.2, -0.15) is 5.21 Å². The number of hydrogen-bond donors (Lipinski definition) is 2. The van der Waals surface area contributed by atoms with Crippen molar-refractivity contribution in [2.45, 2.75) is 6.42 Å². The summed E-state index contributed by atoms with van der Waals surface area (Å²) in [5, 5.41) is 17.2. The number of H-pyrrole nitrogens is 1. The number of halogens is 1. The highest BCUT2D eigenvalue weighted by molar-refractivity contribution is 6.31. The van der Waals surface area contributed by atoms with E-state index in [1.165, 1.54) is 0 Å². The summed E-state index contributed by atoms with van der Waals surface area (Å²) < 4.78 is 1.87. The van der Waals surface area contributed by atoms with Crippen LogP contribution in [-0.4, -0.2) is 35.9 Å². The molecule has 124 valence electrons. The van der Waals surface area contributed by atoms with Crippen LogP contribution in [0.3, 0.4) is 0 Å². The van der Waals surface area contributed by atoms with Gasteiger partial charge in [0.2, 0.25) is 11.7 Å². The molecular formula is C16H12ClN7O. The van der Waals surface area contributed by atoms with Gasteiger partial charge in [0.15, 0.2) is 0 Å². The summed E-state index contributed by atoms with van der Waals surface area (Å²) in [6.45, 7) is 0. The zero-order valence-corrected chi connectivity index (χ0v) is 13.6. The predicted octanol–water partition coefficient (Wildman–Crippen LogP) is 2.35. The largest absolute Gasteiger partial charge is 0.325 e. The van der Waals surface area contributed by atoms with Crippen molar-refractivity contribution in [2.24, 2.45) is 0 Å².